The van der Waals surface area contributed by atoms with Crippen molar-refractivity contribution in [2.45, 2.75) is 45.7 Å². The molecule has 0 N–H and O–H groups in total. The highest BCUT2D eigenvalue weighted by molar-refractivity contribution is 8.26. The zero-order valence-electron chi connectivity index (χ0n) is 19.7. The summed E-state index contributed by atoms with van der Waals surface area (Å²) < 4.78 is 24.6. The number of thiophene rings is 1. The van der Waals surface area contributed by atoms with Crippen LogP contribution in [0.3, 0.4) is 0 Å². The predicted molar refractivity (Wildman–Crippen MR) is 147 cm³/mol. The third kappa shape index (κ3) is 6.41. The molecule has 0 spiro atoms. The van der Waals surface area contributed by atoms with Crippen LogP contribution in [-0.2, 0) is 26.0 Å². The molecule has 2 amide bonds. The first kappa shape index (κ1) is 26.1. The molecule has 10 heteroatoms. The number of sulfone groups is 1. The summed E-state index contributed by atoms with van der Waals surface area (Å²) in [5.41, 5.74) is 3.20. The Hall–Kier alpha value is -2.01. The lowest BCUT2D eigenvalue weighted by atomic mass is 10.1. The smallest absolute Gasteiger partial charge is 0.266 e. The number of hydrogen-bond donors (Lipinski definition) is 0. The number of nitrogens with zero attached hydrogens (tertiary/aromatic N) is 2. The number of thioether (sulfide) groups is 1. The number of carbonyl (C=O) groups is 2. The number of benzene rings is 1. The standard InChI is InChI=1S/C25H28N2O4S4/c1-17-5-7-19(8-6-17)14-21-24(29)26(25(32)34-21)11-3-4-23(28)27(15-22-18(2)9-12-33-22)20-10-13-35(30,31)16-20/h5-9,12,14,20H,3-4,10-11,13,15-16H2,1-2H3/b21-14-. The number of aryl methyl sites for hydroxylation is 2. The van der Waals surface area contributed by atoms with Gasteiger partial charge < -0.3 is 4.90 Å². The first-order valence-corrected chi connectivity index (χ1v) is 15.4. The molecule has 1 atom stereocenters. The Morgan fingerprint density at radius 2 is 1.97 bits per heavy atom. The maximum Gasteiger partial charge on any atom is 0.266 e. The second-order valence-corrected chi connectivity index (χ2v) is 13.9. The number of thiocarbonyl (C=S) groups is 1. The second-order valence-electron chi connectivity index (χ2n) is 8.95. The van der Waals surface area contributed by atoms with Crippen molar-refractivity contribution in [1.82, 2.24) is 9.80 Å². The highest BCUT2D eigenvalue weighted by Gasteiger charge is 2.35. The Balaban J connectivity index is 1.38. The van der Waals surface area contributed by atoms with Crippen molar-refractivity contribution in [1.29, 1.82) is 0 Å². The fourth-order valence-corrected chi connectivity index (χ4v) is 8.14. The van der Waals surface area contributed by atoms with Gasteiger partial charge in [0.25, 0.3) is 5.91 Å². The van der Waals surface area contributed by atoms with Gasteiger partial charge >= 0.3 is 0 Å². The molecule has 2 aromatic rings. The Bertz CT molecular complexity index is 1260. The van der Waals surface area contributed by atoms with Crippen LogP contribution in [0.1, 0.15) is 40.8 Å². The maximum absolute atomic E-state index is 13.2. The van der Waals surface area contributed by atoms with Crippen LogP contribution in [0.15, 0.2) is 40.6 Å². The number of rotatable bonds is 8. The van der Waals surface area contributed by atoms with Gasteiger partial charge in [0.1, 0.15) is 4.32 Å². The van der Waals surface area contributed by atoms with E-state index in [9.17, 15) is 18.0 Å². The van der Waals surface area contributed by atoms with Crippen molar-refractivity contribution >= 4 is 67.4 Å². The van der Waals surface area contributed by atoms with Gasteiger partial charge in [-0.3, -0.25) is 14.5 Å². The van der Waals surface area contributed by atoms with Crippen molar-refractivity contribution in [3.63, 3.8) is 0 Å². The van der Waals surface area contributed by atoms with Crippen LogP contribution in [0, 0.1) is 13.8 Å². The normalized spacial score (nSPS) is 20.7. The van der Waals surface area contributed by atoms with Crippen molar-refractivity contribution in [2.24, 2.45) is 0 Å². The fourth-order valence-electron chi connectivity index (χ4n) is 4.20. The SMILES string of the molecule is Cc1ccc(/C=C2\SC(=S)N(CCCC(=O)N(Cc3sccc3C)C3CCS(=O)(=O)C3)C2=O)cc1. The topological polar surface area (TPSA) is 74.8 Å². The van der Waals surface area contributed by atoms with Crippen LogP contribution >= 0.6 is 35.3 Å². The molecular weight excluding hydrogens is 521 g/mol. The van der Waals surface area contributed by atoms with Gasteiger partial charge in [-0.05, 0) is 55.3 Å². The molecule has 0 aliphatic carbocycles. The Labute approximate surface area is 220 Å². The quantitative estimate of drug-likeness (QED) is 0.356. The van der Waals surface area contributed by atoms with Crippen LogP contribution in [-0.4, -0.2) is 58.4 Å². The summed E-state index contributed by atoms with van der Waals surface area (Å²) in [4.78, 5) is 31.1. The molecular formula is C25H28N2O4S4. The summed E-state index contributed by atoms with van der Waals surface area (Å²) in [6, 6.07) is 9.63. The Morgan fingerprint density at radius 1 is 1.23 bits per heavy atom. The zero-order chi connectivity index (χ0) is 25.2. The number of carbonyl (C=O) groups excluding carboxylic acids is 2. The van der Waals surface area contributed by atoms with Crippen LogP contribution in [0.25, 0.3) is 6.08 Å². The molecule has 1 aromatic heterocycles. The van der Waals surface area contributed by atoms with E-state index < -0.39 is 9.84 Å². The molecule has 2 saturated heterocycles. The van der Waals surface area contributed by atoms with E-state index in [1.165, 1.54) is 11.8 Å². The van der Waals surface area contributed by atoms with Gasteiger partial charge in [-0.15, -0.1) is 11.3 Å². The van der Waals surface area contributed by atoms with Crippen LogP contribution < -0.4 is 0 Å². The summed E-state index contributed by atoms with van der Waals surface area (Å²) in [6.45, 7) is 4.79. The summed E-state index contributed by atoms with van der Waals surface area (Å²) in [5.74, 6) is -0.0855. The van der Waals surface area contributed by atoms with Crippen molar-refractivity contribution in [3.8, 4) is 0 Å². The molecule has 1 aromatic carbocycles. The van der Waals surface area contributed by atoms with E-state index in [1.54, 1.807) is 21.1 Å². The van der Waals surface area contributed by atoms with Gasteiger partial charge in [-0.1, -0.05) is 53.8 Å². The zero-order valence-corrected chi connectivity index (χ0v) is 23.0. The van der Waals surface area contributed by atoms with Crippen molar-refractivity contribution in [3.05, 3.63) is 62.2 Å². The highest BCUT2D eigenvalue weighted by atomic mass is 32.2. The van der Waals surface area contributed by atoms with E-state index in [-0.39, 0.29) is 35.8 Å². The van der Waals surface area contributed by atoms with Crippen LogP contribution in [0.5, 0.6) is 0 Å². The lowest BCUT2D eigenvalue weighted by molar-refractivity contribution is -0.134. The molecule has 3 heterocycles. The molecule has 1 unspecified atom stereocenters. The second kappa shape index (κ2) is 10.9. The van der Waals surface area contributed by atoms with E-state index in [1.807, 2.05) is 55.6 Å². The third-order valence-corrected chi connectivity index (χ3v) is 10.4. The van der Waals surface area contributed by atoms with E-state index in [2.05, 4.69) is 0 Å². The van der Waals surface area contributed by atoms with Gasteiger partial charge in [0.05, 0.1) is 23.0 Å². The van der Waals surface area contributed by atoms with Crippen molar-refractivity contribution < 1.29 is 18.0 Å². The molecule has 2 fully saturated rings. The van der Waals surface area contributed by atoms with E-state index in [4.69, 9.17) is 12.2 Å². The lowest BCUT2D eigenvalue weighted by Gasteiger charge is -2.28. The first-order valence-electron chi connectivity index (χ1n) is 11.5. The third-order valence-electron chi connectivity index (χ3n) is 6.27. The molecule has 0 radical (unpaired) electrons. The Kier molecular flexibility index (Phi) is 8.15. The largest absolute Gasteiger partial charge is 0.334 e. The summed E-state index contributed by atoms with van der Waals surface area (Å²) in [5, 5.41) is 1.98. The van der Waals surface area contributed by atoms with Crippen LogP contribution in [0.2, 0.25) is 0 Å². The minimum Gasteiger partial charge on any atom is -0.334 e. The Morgan fingerprint density at radius 3 is 2.60 bits per heavy atom. The number of hydrogen-bond acceptors (Lipinski definition) is 7. The maximum atomic E-state index is 13.2. The minimum absolute atomic E-state index is 0.0155. The van der Waals surface area contributed by atoms with Gasteiger partial charge in [0.15, 0.2) is 9.84 Å². The molecule has 0 saturated carbocycles. The van der Waals surface area contributed by atoms with Crippen molar-refractivity contribution in [2.75, 3.05) is 18.1 Å². The lowest BCUT2D eigenvalue weighted by Crippen LogP contribution is -2.41. The molecule has 0 bridgehead atoms. The molecule has 2 aliphatic rings. The molecule has 6 nitrogen and oxygen atoms in total. The number of amides is 2. The fraction of sp³-hybridized carbons (Fsp3) is 0.400. The average Bonchev–Trinajstić information content (AvgIpc) is 3.46. The molecule has 2 aliphatic heterocycles. The van der Waals surface area contributed by atoms with E-state index in [0.29, 0.717) is 35.2 Å². The van der Waals surface area contributed by atoms with Gasteiger partial charge in [0.2, 0.25) is 5.91 Å². The average molecular weight is 549 g/mol. The minimum atomic E-state index is -3.12. The monoisotopic (exact) mass is 548 g/mol. The highest BCUT2D eigenvalue weighted by Crippen LogP contribution is 2.33. The van der Waals surface area contributed by atoms with Gasteiger partial charge in [0, 0.05) is 23.9 Å². The van der Waals surface area contributed by atoms with E-state index >= 15 is 0 Å². The van der Waals surface area contributed by atoms with E-state index in [0.717, 1.165) is 21.6 Å². The molecule has 35 heavy (non-hydrogen) atoms. The predicted octanol–water partition coefficient (Wildman–Crippen LogP) is 4.56. The molecule has 186 valence electrons. The van der Waals surface area contributed by atoms with Gasteiger partial charge in [-0.25, -0.2) is 8.42 Å². The first-order chi connectivity index (χ1) is 16.6. The van der Waals surface area contributed by atoms with Gasteiger partial charge in [-0.2, -0.15) is 0 Å². The molecule has 4 rings (SSSR count). The van der Waals surface area contributed by atoms with Crippen LogP contribution in [0.4, 0.5) is 0 Å². The summed E-state index contributed by atoms with van der Waals surface area (Å²) in [6.07, 6.45) is 3.00. The summed E-state index contributed by atoms with van der Waals surface area (Å²) in [7, 11) is -3.12. The summed E-state index contributed by atoms with van der Waals surface area (Å²) >= 11 is 8.29.